The van der Waals surface area contributed by atoms with Crippen LogP contribution in [0.15, 0.2) is 36.5 Å². The SMILES string of the molecule is CCc1ccc(C(F)(F)F)cc1-c1[nH]c(-c2ccnc(N)n2)cc1C(N)=O. The van der Waals surface area contributed by atoms with Gasteiger partial charge in [-0.1, -0.05) is 13.0 Å². The highest BCUT2D eigenvalue weighted by atomic mass is 19.4. The number of carbonyl (C=O) groups excluding carboxylic acids is 1. The number of nitrogens with one attached hydrogen (secondary N) is 1. The van der Waals surface area contributed by atoms with Crippen LogP contribution in [0.5, 0.6) is 0 Å². The maximum Gasteiger partial charge on any atom is 0.416 e. The van der Waals surface area contributed by atoms with E-state index in [1.165, 1.54) is 18.3 Å². The molecule has 6 nitrogen and oxygen atoms in total. The lowest BCUT2D eigenvalue weighted by Crippen LogP contribution is -2.12. The third-order valence-electron chi connectivity index (χ3n) is 4.12. The van der Waals surface area contributed by atoms with E-state index in [-0.39, 0.29) is 22.8 Å². The van der Waals surface area contributed by atoms with Crippen molar-refractivity contribution in [3.05, 3.63) is 53.2 Å². The molecule has 0 spiro atoms. The van der Waals surface area contributed by atoms with Gasteiger partial charge in [-0.25, -0.2) is 9.97 Å². The molecule has 0 radical (unpaired) electrons. The number of aromatic amines is 1. The molecule has 1 aromatic carbocycles. The first-order valence-corrected chi connectivity index (χ1v) is 8.03. The average Bonchev–Trinajstić information content (AvgIpc) is 3.06. The summed E-state index contributed by atoms with van der Waals surface area (Å²) in [5, 5.41) is 0. The highest BCUT2D eigenvalue weighted by Gasteiger charge is 2.31. The molecule has 3 aromatic rings. The van der Waals surface area contributed by atoms with E-state index in [9.17, 15) is 18.0 Å². The van der Waals surface area contributed by atoms with E-state index in [1.807, 2.05) is 6.92 Å². The molecule has 0 saturated carbocycles. The normalized spacial score (nSPS) is 11.6. The molecule has 0 aliphatic carbocycles. The minimum atomic E-state index is -4.51. The molecule has 3 rings (SSSR count). The van der Waals surface area contributed by atoms with E-state index in [4.69, 9.17) is 11.5 Å². The van der Waals surface area contributed by atoms with Crippen molar-refractivity contribution in [3.8, 4) is 22.6 Å². The fourth-order valence-electron chi connectivity index (χ4n) is 2.82. The van der Waals surface area contributed by atoms with Crippen LogP contribution in [0.3, 0.4) is 0 Å². The van der Waals surface area contributed by atoms with Gasteiger partial charge in [0, 0.05) is 11.8 Å². The molecule has 27 heavy (non-hydrogen) atoms. The van der Waals surface area contributed by atoms with Crippen LogP contribution in [0.2, 0.25) is 0 Å². The van der Waals surface area contributed by atoms with Gasteiger partial charge in [0.2, 0.25) is 5.95 Å². The van der Waals surface area contributed by atoms with Crippen LogP contribution >= 0.6 is 0 Å². The zero-order chi connectivity index (χ0) is 19.8. The van der Waals surface area contributed by atoms with Crippen molar-refractivity contribution in [2.24, 2.45) is 5.73 Å². The summed E-state index contributed by atoms with van der Waals surface area (Å²) in [4.78, 5) is 22.7. The molecule has 0 fully saturated rings. The molecule has 0 aliphatic heterocycles. The minimum Gasteiger partial charge on any atom is -0.368 e. The first-order valence-electron chi connectivity index (χ1n) is 8.03. The predicted octanol–water partition coefficient (Wildman–Crippen LogP) is 3.40. The van der Waals surface area contributed by atoms with E-state index in [2.05, 4.69) is 15.0 Å². The van der Waals surface area contributed by atoms with Crippen LogP contribution < -0.4 is 11.5 Å². The van der Waals surface area contributed by atoms with Gasteiger partial charge in [-0.2, -0.15) is 13.2 Å². The predicted molar refractivity (Wildman–Crippen MR) is 94.6 cm³/mol. The van der Waals surface area contributed by atoms with Crippen molar-refractivity contribution in [1.82, 2.24) is 15.0 Å². The number of aromatic nitrogens is 3. The molecule has 0 bridgehead atoms. The number of nitrogens with two attached hydrogens (primary N) is 2. The third kappa shape index (κ3) is 3.62. The number of benzene rings is 1. The van der Waals surface area contributed by atoms with Crippen molar-refractivity contribution >= 4 is 11.9 Å². The zero-order valence-electron chi connectivity index (χ0n) is 14.3. The van der Waals surface area contributed by atoms with Gasteiger partial charge in [0.05, 0.1) is 28.2 Å². The van der Waals surface area contributed by atoms with Crippen LogP contribution in [-0.2, 0) is 12.6 Å². The Hall–Kier alpha value is -3.36. The highest BCUT2D eigenvalue weighted by Crippen LogP contribution is 2.36. The monoisotopic (exact) mass is 375 g/mol. The van der Waals surface area contributed by atoms with Gasteiger partial charge in [-0.15, -0.1) is 0 Å². The summed E-state index contributed by atoms with van der Waals surface area (Å²) >= 11 is 0. The number of nitrogens with zero attached hydrogens (tertiary/aromatic N) is 2. The largest absolute Gasteiger partial charge is 0.416 e. The molecule has 0 aliphatic rings. The lowest BCUT2D eigenvalue weighted by atomic mass is 9.97. The number of amides is 1. The van der Waals surface area contributed by atoms with Gasteiger partial charge in [-0.05, 0) is 36.2 Å². The Kier molecular flexibility index (Phi) is 4.61. The third-order valence-corrected chi connectivity index (χ3v) is 4.12. The van der Waals surface area contributed by atoms with Gasteiger partial charge in [-0.3, -0.25) is 4.79 Å². The van der Waals surface area contributed by atoms with E-state index in [1.54, 1.807) is 6.07 Å². The van der Waals surface area contributed by atoms with Gasteiger partial charge in [0.15, 0.2) is 0 Å². The van der Waals surface area contributed by atoms with E-state index < -0.39 is 17.6 Å². The topological polar surface area (TPSA) is 111 Å². The summed E-state index contributed by atoms with van der Waals surface area (Å²) in [5.41, 5.74) is 12.2. The number of H-pyrrole nitrogens is 1. The van der Waals surface area contributed by atoms with Gasteiger partial charge < -0.3 is 16.5 Å². The second kappa shape index (κ2) is 6.75. The fourth-order valence-corrected chi connectivity index (χ4v) is 2.82. The Morgan fingerprint density at radius 3 is 2.56 bits per heavy atom. The van der Waals surface area contributed by atoms with Crippen LogP contribution in [0.1, 0.15) is 28.4 Å². The lowest BCUT2D eigenvalue weighted by Gasteiger charge is -2.13. The Morgan fingerprint density at radius 2 is 1.96 bits per heavy atom. The molecule has 0 atom stereocenters. The smallest absolute Gasteiger partial charge is 0.368 e. The Labute approximate surface area is 152 Å². The van der Waals surface area contributed by atoms with Crippen LogP contribution in [-0.4, -0.2) is 20.9 Å². The summed E-state index contributed by atoms with van der Waals surface area (Å²) in [5.74, 6) is -0.744. The Balaban J connectivity index is 2.23. The van der Waals surface area contributed by atoms with Crippen molar-refractivity contribution in [2.45, 2.75) is 19.5 Å². The quantitative estimate of drug-likeness (QED) is 0.649. The maximum atomic E-state index is 13.2. The first-order chi connectivity index (χ1) is 12.7. The van der Waals surface area contributed by atoms with Crippen molar-refractivity contribution in [1.29, 1.82) is 0 Å². The van der Waals surface area contributed by atoms with Crippen molar-refractivity contribution in [2.75, 3.05) is 5.73 Å². The molecule has 1 amide bonds. The second-order valence-corrected chi connectivity index (χ2v) is 5.86. The first kappa shape index (κ1) is 18.4. The average molecular weight is 375 g/mol. The minimum absolute atomic E-state index is 0.0255. The summed E-state index contributed by atoms with van der Waals surface area (Å²) in [7, 11) is 0. The number of hydrogen-bond donors (Lipinski definition) is 3. The molecule has 140 valence electrons. The maximum absolute atomic E-state index is 13.2. The van der Waals surface area contributed by atoms with Crippen molar-refractivity contribution in [3.63, 3.8) is 0 Å². The van der Waals surface area contributed by atoms with Gasteiger partial charge in [0.1, 0.15) is 0 Å². The van der Waals surface area contributed by atoms with E-state index >= 15 is 0 Å². The number of halogens is 3. The molecule has 2 heterocycles. The summed E-state index contributed by atoms with van der Waals surface area (Å²) < 4.78 is 39.5. The molecule has 0 saturated heterocycles. The number of alkyl halides is 3. The number of hydrogen-bond acceptors (Lipinski definition) is 4. The molecule has 5 N–H and O–H groups in total. The lowest BCUT2D eigenvalue weighted by molar-refractivity contribution is -0.137. The summed E-state index contributed by atoms with van der Waals surface area (Å²) in [6.07, 6.45) is -2.60. The van der Waals surface area contributed by atoms with E-state index in [0.717, 1.165) is 12.1 Å². The number of anilines is 1. The Bertz CT molecular complexity index is 1010. The van der Waals surface area contributed by atoms with Crippen LogP contribution in [0.4, 0.5) is 19.1 Å². The molecule has 2 aromatic heterocycles. The fraction of sp³-hybridized carbons (Fsp3) is 0.167. The summed E-state index contributed by atoms with van der Waals surface area (Å²) in [6, 6.07) is 6.42. The van der Waals surface area contributed by atoms with Gasteiger partial charge >= 0.3 is 6.18 Å². The highest BCUT2D eigenvalue weighted by molar-refractivity contribution is 6.01. The molecular weight excluding hydrogens is 359 g/mol. The number of aryl methyl sites for hydroxylation is 1. The number of carbonyl (C=O) groups is 1. The van der Waals surface area contributed by atoms with E-state index in [0.29, 0.717) is 23.4 Å². The standard InChI is InChI=1S/C18H16F3N5O/c1-2-9-3-4-10(18(19,20)21)7-11(9)15-12(16(22)27)8-14(25-15)13-5-6-24-17(23)26-13/h3-8,25H,2H2,1H3,(H2,22,27)(H2,23,24,26). The Morgan fingerprint density at radius 1 is 1.22 bits per heavy atom. The number of nitrogen functional groups attached to an aromatic ring is 1. The van der Waals surface area contributed by atoms with Crippen LogP contribution in [0.25, 0.3) is 22.6 Å². The molecule has 9 heteroatoms. The number of rotatable bonds is 4. The molecule has 0 unspecified atom stereocenters. The number of primary amides is 1. The summed E-state index contributed by atoms with van der Waals surface area (Å²) in [6.45, 7) is 1.81. The van der Waals surface area contributed by atoms with Gasteiger partial charge in [0.25, 0.3) is 5.91 Å². The second-order valence-electron chi connectivity index (χ2n) is 5.86. The molecular formula is C18H16F3N5O. The van der Waals surface area contributed by atoms with Crippen molar-refractivity contribution < 1.29 is 18.0 Å². The van der Waals surface area contributed by atoms with Crippen LogP contribution in [0, 0.1) is 0 Å². The zero-order valence-corrected chi connectivity index (χ0v) is 14.3.